The summed E-state index contributed by atoms with van der Waals surface area (Å²) in [6, 6.07) is 9.83. The van der Waals surface area contributed by atoms with E-state index in [1.807, 2.05) is 18.2 Å². The van der Waals surface area contributed by atoms with Gasteiger partial charge in [-0.3, -0.25) is 4.98 Å². The van der Waals surface area contributed by atoms with Crippen LogP contribution >= 0.6 is 11.6 Å². The largest absolute Gasteiger partial charge is 0.486 e. The fraction of sp³-hybridized carbons (Fsp3) is 0.188. The molecule has 4 heteroatoms. The van der Waals surface area contributed by atoms with Gasteiger partial charge in [0.25, 0.3) is 0 Å². The highest BCUT2D eigenvalue weighted by Gasteiger charge is 2.04. The third-order valence-electron chi connectivity index (χ3n) is 2.49. The second kappa shape index (κ2) is 7.52. The highest BCUT2D eigenvalue weighted by Crippen LogP contribution is 2.20. The summed E-state index contributed by atoms with van der Waals surface area (Å²) in [5.74, 6) is 6.37. The minimum atomic E-state index is -0.357. The van der Waals surface area contributed by atoms with E-state index in [9.17, 15) is 4.39 Å². The number of hydrogen-bond acceptors (Lipinski definition) is 2. The normalized spacial score (nSPS) is 9.70. The van der Waals surface area contributed by atoms with Crippen molar-refractivity contribution in [3.63, 3.8) is 0 Å². The third kappa shape index (κ3) is 4.25. The number of rotatable bonds is 4. The minimum absolute atomic E-state index is 0.272. The summed E-state index contributed by atoms with van der Waals surface area (Å²) >= 11 is 5.57. The van der Waals surface area contributed by atoms with Crippen LogP contribution in [0.3, 0.4) is 0 Å². The van der Waals surface area contributed by atoms with E-state index in [1.165, 1.54) is 12.1 Å². The molecular weight excluding hydrogens is 277 g/mol. The number of aromatic nitrogens is 1. The number of halogens is 2. The van der Waals surface area contributed by atoms with Crippen LogP contribution in [-0.4, -0.2) is 10.9 Å². The third-order valence-corrected chi connectivity index (χ3v) is 2.68. The second-order valence-electron chi connectivity index (χ2n) is 3.99. The Hall–Kier alpha value is -2.05. The Morgan fingerprint density at radius 1 is 1.25 bits per heavy atom. The molecule has 0 aliphatic rings. The van der Waals surface area contributed by atoms with Crippen molar-refractivity contribution < 1.29 is 9.13 Å². The number of pyridine rings is 1. The van der Waals surface area contributed by atoms with Crippen LogP contribution in [-0.2, 0) is 6.61 Å². The molecule has 1 heterocycles. The van der Waals surface area contributed by atoms with Gasteiger partial charge in [0.1, 0.15) is 18.2 Å². The van der Waals surface area contributed by atoms with Crippen LogP contribution in [0.2, 0.25) is 0 Å². The maximum Gasteiger partial charge on any atom is 0.138 e. The van der Waals surface area contributed by atoms with Crippen LogP contribution in [0.1, 0.15) is 17.7 Å². The van der Waals surface area contributed by atoms with Gasteiger partial charge in [-0.1, -0.05) is 17.9 Å². The van der Waals surface area contributed by atoms with Gasteiger partial charge in [-0.25, -0.2) is 4.39 Å². The average molecular weight is 290 g/mol. The molecule has 0 saturated carbocycles. The van der Waals surface area contributed by atoms with Crippen LogP contribution in [0.5, 0.6) is 5.75 Å². The smallest absolute Gasteiger partial charge is 0.138 e. The molecule has 0 amide bonds. The van der Waals surface area contributed by atoms with E-state index in [0.29, 0.717) is 23.6 Å². The van der Waals surface area contributed by atoms with E-state index in [-0.39, 0.29) is 12.4 Å². The lowest BCUT2D eigenvalue weighted by Gasteiger charge is -2.08. The zero-order chi connectivity index (χ0) is 14.2. The fourth-order valence-electron chi connectivity index (χ4n) is 1.56. The van der Waals surface area contributed by atoms with Crippen molar-refractivity contribution in [2.24, 2.45) is 0 Å². The highest BCUT2D eigenvalue weighted by molar-refractivity contribution is 6.18. The molecule has 2 aromatic rings. The number of alkyl halides is 1. The molecule has 0 bridgehead atoms. The van der Waals surface area contributed by atoms with Crippen molar-refractivity contribution in [2.75, 3.05) is 5.88 Å². The number of hydrogen-bond donors (Lipinski definition) is 0. The standard InChI is InChI=1S/C16H13ClFNO/c17-9-3-1-5-13-7-8-14(18)11-16(13)20-12-15-6-2-4-10-19-15/h2,4,6-8,10-11H,3,9,12H2. The van der Waals surface area contributed by atoms with E-state index >= 15 is 0 Å². The van der Waals surface area contributed by atoms with Crippen molar-refractivity contribution in [1.82, 2.24) is 4.98 Å². The molecule has 0 unspecified atom stereocenters. The molecule has 102 valence electrons. The summed E-state index contributed by atoms with van der Waals surface area (Å²) in [7, 11) is 0. The van der Waals surface area contributed by atoms with Crippen molar-refractivity contribution >= 4 is 11.6 Å². The van der Waals surface area contributed by atoms with Crippen molar-refractivity contribution in [3.8, 4) is 17.6 Å². The summed E-state index contributed by atoms with van der Waals surface area (Å²) in [6.45, 7) is 0.272. The van der Waals surface area contributed by atoms with Gasteiger partial charge >= 0.3 is 0 Å². The van der Waals surface area contributed by atoms with E-state index in [0.717, 1.165) is 5.69 Å². The van der Waals surface area contributed by atoms with Gasteiger partial charge in [0.05, 0.1) is 11.3 Å². The summed E-state index contributed by atoms with van der Waals surface area (Å²) in [5.41, 5.74) is 1.42. The molecular formula is C16H13ClFNO. The Balaban J connectivity index is 2.13. The molecule has 0 saturated heterocycles. The minimum Gasteiger partial charge on any atom is -0.486 e. The van der Waals surface area contributed by atoms with Crippen LogP contribution in [0, 0.1) is 17.7 Å². The monoisotopic (exact) mass is 289 g/mol. The predicted octanol–water partition coefficient (Wildman–Crippen LogP) is 3.78. The Bertz CT molecular complexity index is 619. The molecule has 0 atom stereocenters. The Morgan fingerprint density at radius 2 is 2.15 bits per heavy atom. The Labute approximate surface area is 122 Å². The summed E-state index contributed by atoms with van der Waals surface area (Å²) < 4.78 is 18.9. The second-order valence-corrected chi connectivity index (χ2v) is 4.37. The molecule has 0 fully saturated rings. The number of benzene rings is 1. The number of ether oxygens (including phenoxy) is 1. The van der Waals surface area contributed by atoms with Gasteiger partial charge in [-0.05, 0) is 24.3 Å². The first-order valence-corrected chi connectivity index (χ1v) is 6.70. The van der Waals surface area contributed by atoms with Crippen molar-refractivity contribution in [3.05, 3.63) is 59.7 Å². The van der Waals surface area contributed by atoms with Gasteiger partial charge in [-0.2, -0.15) is 0 Å². The lowest BCUT2D eigenvalue weighted by atomic mass is 10.2. The number of nitrogens with zero attached hydrogens (tertiary/aromatic N) is 1. The molecule has 1 aromatic carbocycles. The summed E-state index contributed by atoms with van der Waals surface area (Å²) in [5, 5.41) is 0. The molecule has 0 spiro atoms. The van der Waals surface area contributed by atoms with Crippen LogP contribution in [0.25, 0.3) is 0 Å². The van der Waals surface area contributed by atoms with Crippen LogP contribution in [0.4, 0.5) is 4.39 Å². The zero-order valence-electron chi connectivity index (χ0n) is 10.8. The maximum absolute atomic E-state index is 13.3. The Morgan fingerprint density at radius 3 is 2.90 bits per heavy atom. The molecule has 0 N–H and O–H groups in total. The van der Waals surface area contributed by atoms with E-state index in [4.69, 9.17) is 16.3 Å². The predicted molar refractivity (Wildman–Crippen MR) is 77.2 cm³/mol. The quantitative estimate of drug-likeness (QED) is 0.631. The van der Waals surface area contributed by atoms with Crippen molar-refractivity contribution in [1.29, 1.82) is 0 Å². The highest BCUT2D eigenvalue weighted by atomic mass is 35.5. The van der Waals surface area contributed by atoms with Crippen LogP contribution in [0.15, 0.2) is 42.6 Å². The lowest BCUT2D eigenvalue weighted by Crippen LogP contribution is -1.99. The fourth-order valence-corrected chi connectivity index (χ4v) is 1.65. The van der Waals surface area contributed by atoms with Gasteiger partial charge in [0.2, 0.25) is 0 Å². The van der Waals surface area contributed by atoms with Crippen molar-refractivity contribution in [2.45, 2.75) is 13.0 Å². The molecule has 20 heavy (non-hydrogen) atoms. The Kier molecular flexibility index (Phi) is 5.40. The van der Waals surface area contributed by atoms with Gasteiger partial charge in [-0.15, -0.1) is 11.6 Å². The van der Waals surface area contributed by atoms with Crippen LogP contribution < -0.4 is 4.74 Å². The average Bonchev–Trinajstić information content (AvgIpc) is 2.48. The van der Waals surface area contributed by atoms with Gasteiger partial charge in [0.15, 0.2) is 0 Å². The first-order valence-electron chi connectivity index (χ1n) is 6.16. The zero-order valence-corrected chi connectivity index (χ0v) is 11.5. The van der Waals surface area contributed by atoms with E-state index in [2.05, 4.69) is 16.8 Å². The first kappa shape index (κ1) is 14.4. The molecule has 0 aliphatic carbocycles. The topological polar surface area (TPSA) is 22.1 Å². The molecule has 0 aliphatic heterocycles. The first-order chi connectivity index (χ1) is 9.79. The van der Waals surface area contributed by atoms with E-state index in [1.54, 1.807) is 12.3 Å². The molecule has 0 radical (unpaired) electrons. The van der Waals surface area contributed by atoms with E-state index < -0.39 is 0 Å². The van der Waals surface area contributed by atoms with Gasteiger partial charge in [0, 0.05) is 24.6 Å². The maximum atomic E-state index is 13.3. The molecule has 2 rings (SSSR count). The summed E-state index contributed by atoms with van der Waals surface area (Å²) in [4.78, 5) is 4.15. The SMILES string of the molecule is Fc1ccc(C#CCCCl)c(OCc2ccccn2)c1. The molecule has 2 nitrogen and oxygen atoms in total. The molecule has 1 aromatic heterocycles. The summed E-state index contributed by atoms with van der Waals surface area (Å²) in [6.07, 6.45) is 2.27. The lowest BCUT2D eigenvalue weighted by molar-refractivity contribution is 0.299. The van der Waals surface area contributed by atoms with Gasteiger partial charge < -0.3 is 4.74 Å².